The van der Waals surface area contributed by atoms with Crippen molar-refractivity contribution in [2.45, 2.75) is 17.5 Å². The summed E-state index contributed by atoms with van der Waals surface area (Å²) in [6, 6.07) is 11.2. The van der Waals surface area contributed by atoms with Crippen molar-refractivity contribution in [3.8, 4) is 28.4 Å². The zero-order valence-corrected chi connectivity index (χ0v) is 21.3. The number of halogens is 4. The summed E-state index contributed by atoms with van der Waals surface area (Å²) in [6.45, 7) is 1.16. The summed E-state index contributed by atoms with van der Waals surface area (Å²) in [5, 5.41) is 3.18. The van der Waals surface area contributed by atoms with Crippen LogP contribution in [0.2, 0.25) is 0 Å². The SMILES string of the molecule is COc1cc(-c2nc3occn3c2-c2ccnc(NCCCNSc3ccc(C(F)(F)F)cc3)n2)ccc1F. The zero-order chi connectivity index (χ0) is 27.4. The minimum Gasteiger partial charge on any atom is -0.494 e. The van der Waals surface area contributed by atoms with Crippen LogP contribution < -0.4 is 14.8 Å². The van der Waals surface area contributed by atoms with E-state index in [0.29, 0.717) is 58.8 Å². The van der Waals surface area contributed by atoms with Crippen molar-refractivity contribution in [1.82, 2.24) is 24.1 Å². The van der Waals surface area contributed by atoms with Crippen molar-refractivity contribution >= 4 is 23.7 Å². The molecule has 0 bridgehead atoms. The summed E-state index contributed by atoms with van der Waals surface area (Å²) >= 11 is 1.26. The van der Waals surface area contributed by atoms with Crippen molar-refractivity contribution in [3.05, 3.63) is 78.6 Å². The minimum atomic E-state index is -4.35. The van der Waals surface area contributed by atoms with Gasteiger partial charge in [0.2, 0.25) is 5.95 Å². The molecule has 5 aromatic rings. The fraction of sp³-hybridized carbons (Fsp3) is 0.192. The van der Waals surface area contributed by atoms with Crippen molar-refractivity contribution in [3.63, 3.8) is 0 Å². The van der Waals surface area contributed by atoms with Crippen LogP contribution in [0.5, 0.6) is 5.75 Å². The van der Waals surface area contributed by atoms with Crippen molar-refractivity contribution in [2.75, 3.05) is 25.5 Å². The van der Waals surface area contributed by atoms with Gasteiger partial charge in [-0.2, -0.15) is 18.2 Å². The molecule has 5 rings (SSSR count). The van der Waals surface area contributed by atoms with Crippen LogP contribution in [0.1, 0.15) is 12.0 Å². The molecule has 0 aliphatic carbocycles. The van der Waals surface area contributed by atoms with Gasteiger partial charge in [0.25, 0.3) is 0 Å². The standard InChI is InChI=1S/C26H22F4N6O2S/c1-37-21-15-16(3-8-19(21)27)22-23(36-13-14-38-25(36)35-22)20-9-12-32-24(34-20)31-10-2-11-33-39-18-6-4-17(5-7-18)26(28,29)30/h3-9,12-15,33H,2,10-11H2,1H3,(H,31,32,34). The molecule has 0 saturated carbocycles. The number of nitrogens with one attached hydrogen (secondary N) is 2. The van der Waals surface area contributed by atoms with E-state index >= 15 is 0 Å². The number of nitrogens with zero attached hydrogens (tertiary/aromatic N) is 4. The highest BCUT2D eigenvalue weighted by molar-refractivity contribution is 7.97. The number of imidazole rings is 1. The van der Waals surface area contributed by atoms with E-state index in [1.807, 2.05) is 0 Å². The number of fused-ring (bicyclic) bond motifs is 1. The van der Waals surface area contributed by atoms with Gasteiger partial charge in [-0.1, -0.05) is 0 Å². The van der Waals surface area contributed by atoms with Crippen LogP contribution in [0.25, 0.3) is 28.5 Å². The third-order valence-electron chi connectivity index (χ3n) is 5.70. The monoisotopic (exact) mass is 558 g/mol. The van der Waals surface area contributed by atoms with E-state index in [1.54, 1.807) is 35.0 Å². The number of anilines is 1. The molecule has 0 radical (unpaired) electrons. The Morgan fingerprint density at radius 1 is 1.05 bits per heavy atom. The Morgan fingerprint density at radius 3 is 2.64 bits per heavy atom. The summed E-state index contributed by atoms with van der Waals surface area (Å²) in [7, 11) is 1.40. The van der Waals surface area contributed by atoms with Crippen LogP contribution in [0.4, 0.5) is 23.5 Å². The predicted octanol–water partition coefficient (Wildman–Crippen LogP) is 6.32. The molecular formula is C26H22F4N6O2S. The van der Waals surface area contributed by atoms with Gasteiger partial charge < -0.3 is 14.5 Å². The molecule has 0 atom stereocenters. The number of oxazole rings is 1. The maximum Gasteiger partial charge on any atom is 0.416 e. The molecule has 3 aromatic heterocycles. The maximum atomic E-state index is 14.0. The Morgan fingerprint density at radius 2 is 1.87 bits per heavy atom. The molecule has 0 amide bonds. The second kappa shape index (κ2) is 11.3. The van der Waals surface area contributed by atoms with Crippen LogP contribution >= 0.6 is 11.9 Å². The quantitative estimate of drug-likeness (QED) is 0.117. The van der Waals surface area contributed by atoms with E-state index in [1.165, 1.54) is 43.5 Å². The fourth-order valence-corrected chi connectivity index (χ4v) is 4.51. The summed E-state index contributed by atoms with van der Waals surface area (Å²) in [4.78, 5) is 14.2. The van der Waals surface area contributed by atoms with E-state index in [9.17, 15) is 17.6 Å². The number of alkyl halides is 3. The van der Waals surface area contributed by atoms with Crippen LogP contribution in [0.3, 0.4) is 0 Å². The van der Waals surface area contributed by atoms with Gasteiger partial charge in [-0.15, -0.1) is 0 Å². The van der Waals surface area contributed by atoms with Gasteiger partial charge in [0.05, 0.1) is 18.4 Å². The Balaban J connectivity index is 1.23. The molecule has 2 aromatic carbocycles. The normalized spacial score (nSPS) is 11.7. The summed E-state index contributed by atoms with van der Waals surface area (Å²) in [5.74, 6) is 0.377. The zero-order valence-electron chi connectivity index (χ0n) is 20.5. The van der Waals surface area contributed by atoms with Gasteiger partial charge >= 0.3 is 12.0 Å². The van der Waals surface area contributed by atoms with Gasteiger partial charge in [-0.25, -0.2) is 14.4 Å². The average molecular weight is 559 g/mol. The van der Waals surface area contributed by atoms with Gasteiger partial charge in [-0.05, 0) is 66.9 Å². The summed E-state index contributed by atoms with van der Waals surface area (Å²) in [5.41, 5.74) is 1.73. The first-order valence-corrected chi connectivity index (χ1v) is 12.6. The minimum absolute atomic E-state index is 0.0956. The highest BCUT2D eigenvalue weighted by atomic mass is 32.2. The lowest BCUT2D eigenvalue weighted by Crippen LogP contribution is -2.13. The third kappa shape index (κ3) is 5.99. The predicted molar refractivity (Wildman–Crippen MR) is 139 cm³/mol. The van der Waals surface area contributed by atoms with Crippen LogP contribution in [-0.2, 0) is 6.18 Å². The first-order valence-electron chi connectivity index (χ1n) is 11.8. The van der Waals surface area contributed by atoms with E-state index in [0.717, 1.165) is 12.1 Å². The first kappa shape index (κ1) is 26.5. The molecule has 13 heteroatoms. The van der Waals surface area contributed by atoms with Crippen LogP contribution in [0.15, 0.2) is 76.5 Å². The fourth-order valence-electron chi connectivity index (χ4n) is 3.82. The van der Waals surface area contributed by atoms with E-state index < -0.39 is 17.6 Å². The number of methoxy groups -OCH3 is 1. The molecule has 0 unspecified atom stereocenters. The van der Waals surface area contributed by atoms with E-state index in [4.69, 9.17) is 9.15 Å². The molecule has 202 valence electrons. The smallest absolute Gasteiger partial charge is 0.416 e. The van der Waals surface area contributed by atoms with Crippen LogP contribution in [-0.4, -0.2) is 39.6 Å². The van der Waals surface area contributed by atoms with Gasteiger partial charge in [0, 0.05) is 35.9 Å². The molecular weight excluding hydrogens is 536 g/mol. The van der Waals surface area contributed by atoms with E-state index in [2.05, 4.69) is 25.0 Å². The molecule has 0 saturated heterocycles. The lowest BCUT2D eigenvalue weighted by atomic mass is 10.1. The molecule has 0 aliphatic heterocycles. The molecule has 0 spiro atoms. The Kier molecular flexibility index (Phi) is 7.70. The summed E-state index contributed by atoms with van der Waals surface area (Å²) < 4.78 is 67.5. The highest BCUT2D eigenvalue weighted by Gasteiger charge is 2.30. The number of benzene rings is 2. The lowest BCUT2D eigenvalue weighted by Gasteiger charge is -2.09. The van der Waals surface area contributed by atoms with Crippen molar-refractivity contribution in [2.24, 2.45) is 0 Å². The van der Waals surface area contributed by atoms with Gasteiger partial charge in [0.15, 0.2) is 11.6 Å². The number of hydrogen-bond acceptors (Lipinski definition) is 8. The molecule has 2 N–H and O–H groups in total. The topological polar surface area (TPSA) is 89.5 Å². The molecule has 3 heterocycles. The second-order valence-corrected chi connectivity index (χ2v) is 9.24. The molecule has 0 aliphatic rings. The summed E-state index contributed by atoms with van der Waals surface area (Å²) in [6.07, 6.45) is 1.22. The molecule has 0 fully saturated rings. The van der Waals surface area contributed by atoms with Gasteiger partial charge in [0.1, 0.15) is 17.7 Å². The van der Waals surface area contributed by atoms with Crippen LogP contribution in [0, 0.1) is 5.82 Å². The Bertz CT molecular complexity index is 1570. The van der Waals surface area contributed by atoms with E-state index in [-0.39, 0.29) is 5.75 Å². The number of ether oxygens (including phenoxy) is 1. The number of aromatic nitrogens is 4. The molecule has 8 nitrogen and oxygen atoms in total. The average Bonchev–Trinajstić information content (AvgIpc) is 3.52. The number of hydrogen-bond donors (Lipinski definition) is 2. The molecule has 39 heavy (non-hydrogen) atoms. The Labute approximate surface area is 224 Å². The highest BCUT2D eigenvalue weighted by Crippen LogP contribution is 2.35. The van der Waals surface area contributed by atoms with Crippen molar-refractivity contribution < 1.29 is 26.7 Å². The second-order valence-electron chi connectivity index (χ2n) is 8.28. The number of rotatable bonds is 10. The van der Waals surface area contributed by atoms with Gasteiger partial charge in [-0.3, -0.25) is 9.12 Å². The maximum absolute atomic E-state index is 14.0. The third-order valence-corrected chi connectivity index (χ3v) is 6.55. The lowest BCUT2D eigenvalue weighted by molar-refractivity contribution is -0.137. The first-order chi connectivity index (χ1) is 18.8. The Hall–Kier alpha value is -4.10. The van der Waals surface area contributed by atoms with Crippen molar-refractivity contribution in [1.29, 1.82) is 0 Å². The largest absolute Gasteiger partial charge is 0.494 e.